The third kappa shape index (κ3) is 3.42. The normalized spacial score (nSPS) is 12.6. The van der Waals surface area contributed by atoms with Crippen molar-refractivity contribution in [1.29, 1.82) is 0 Å². The molecule has 0 saturated carbocycles. The smallest absolute Gasteiger partial charge is 0.304 e. The van der Waals surface area contributed by atoms with Gasteiger partial charge in [-0.3, -0.25) is 4.79 Å². The highest BCUT2D eigenvalue weighted by Crippen LogP contribution is 2.36. The highest BCUT2D eigenvalue weighted by molar-refractivity contribution is 6.31. The lowest BCUT2D eigenvalue weighted by atomic mass is 9.81. The third-order valence-electron chi connectivity index (χ3n) is 2.80. The van der Waals surface area contributed by atoms with Crippen molar-refractivity contribution in [1.82, 2.24) is 0 Å². The predicted molar refractivity (Wildman–Crippen MR) is 66.3 cm³/mol. The van der Waals surface area contributed by atoms with E-state index in [1.165, 1.54) is 18.2 Å². The highest BCUT2D eigenvalue weighted by Gasteiger charge is 2.29. The predicted octanol–water partition coefficient (Wildman–Crippen LogP) is 4.20. The lowest BCUT2D eigenvalue weighted by Crippen LogP contribution is -2.22. The summed E-state index contributed by atoms with van der Waals surface area (Å²) >= 11 is 5.98. The number of carbonyl (C=O) groups is 1. The quantitative estimate of drug-likeness (QED) is 0.895. The number of carboxylic acids is 1. The Morgan fingerprint density at radius 2 is 1.89 bits per heavy atom. The topological polar surface area (TPSA) is 37.3 Å². The van der Waals surface area contributed by atoms with Crippen LogP contribution in [0.15, 0.2) is 18.2 Å². The van der Waals surface area contributed by atoms with E-state index in [9.17, 15) is 13.6 Å². The zero-order valence-electron chi connectivity index (χ0n) is 10.4. The molecule has 0 radical (unpaired) electrons. The van der Waals surface area contributed by atoms with Crippen molar-refractivity contribution < 1.29 is 18.7 Å². The number of carboxylic acid groups (broad SMARTS) is 1. The van der Waals surface area contributed by atoms with E-state index in [4.69, 9.17) is 16.7 Å². The van der Waals surface area contributed by atoms with Crippen molar-refractivity contribution >= 4 is 17.6 Å². The Balaban J connectivity index is 3.17. The molecule has 0 aliphatic heterocycles. The fraction of sp³-hybridized carbons (Fsp3) is 0.462. The van der Waals surface area contributed by atoms with E-state index in [-0.39, 0.29) is 17.0 Å². The second kappa shape index (κ2) is 4.84. The van der Waals surface area contributed by atoms with Crippen LogP contribution < -0.4 is 0 Å². The van der Waals surface area contributed by atoms with Gasteiger partial charge >= 0.3 is 5.97 Å². The van der Waals surface area contributed by atoms with Gasteiger partial charge in [-0.05, 0) is 11.6 Å². The van der Waals surface area contributed by atoms with Gasteiger partial charge in [-0.2, -0.15) is 0 Å². The maximum absolute atomic E-state index is 13.1. The SMILES string of the molecule is CC(F)(F)c1ccc(C(C)(C)CC(=O)O)c(Cl)c1. The van der Waals surface area contributed by atoms with Gasteiger partial charge in [0.15, 0.2) is 0 Å². The first kappa shape index (κ1) is 14.9. The number of halogens is 3. The number of alkyl halides is 2. The Labute approximate surface area is 110 Å². The van der Waals surface area contributed by atoms with Crippen LogP contribution in [0.2, 0.25) is 5.02 Å². The molecule has 0 amide bonds. The Morgan fingerprint density at radius 3 is 2.28 bits per heavy atom. The van der Waals surface area contributed by atoms with Crippen molar-refractivity contribution in [2.75, 3.05) is 0 Å². The van der Waals surface area contributed by atoms with Gasteiger partial charge in [0, 0.05) is 22.9 Å². The van der Waals surface area contributed by atoms with E-state index in [0.717, 1.165) is 6.92 Å². The summed E-state index contributed by atoms with van der Waals surface area (Å²) in [5, 5.41) is 8.99. The molecule has 18 heavy (non-hydrogen) atoms. The molecule has 0 bridgehead atoms. The van der Waals surface area contributed by atoms with Crippen LogP contribution in [0.1, 0.15) is 38.3 Å². The lowest BCUT2D eigenvalue weighted by molar-refractivity contribution is -0.138. The molecule has 0 aliphatic carbocycles. The number of benzene rings is 1. The van der Waals surface area contributed by atoms with Crippen molar-refractivity contribution in [3.05, 3.63) is 34.3 Å². The van der Waals surface area contributed by atoms with Gasteiger partial charge in [-0.25, -0.2) is 8.78 Å². The van der Waals surface area contributed by atoms with Crippen LogP contribution in [-0.2, 0) is 16.1 Å². The summed E-state index contributed by atoms with van der Waals surface area (Å²) in [5.41, 5.74) is -0.327. The summed E-state index contributed by atoms with van der Waals surface area (Å²) in [6.07, 6.45) is -0.116. The van der Waals surface area contributed by atoms with Crippen LogP contribution in [0, 0.1) is 0 Å². The minimum Gasteiger partial charge on any atom is -0.481 e. The van der Waals surface area contributed by atoms with Gasteiger partial charge in [0.1, 0.15) is 0 Å². The summed E-state index contributed by atoms with van der Waals surface area (Å²) in [6, 6.07) is 3.95. The van der Waals surface area contributed by atoms with E-state index < -0.39 is 17.3 Å². The van der Waals surface area contributed by atoms with Crippen LogP contribution in [0.5, 0.6) is 0 Å². The fourth-order valence-electron chi connectivity index (χ4n) is 1.81. The van der Waals surface area contributed by atoms with Gasteiger partial charge in [0.25, 0.3) is 5.92 Å². The van der Waals surface area contributed by atoms with Gasteiger partial charge in [-0.1, -0.05) is 37.6 Å². The number of aliphatic carboxylic acids is 1. The molecule has 0 aliphatic rings. The Kier molecular flexibility index (Phi) is 4.01. The molecule has 0 atom stereocenters. The second-order valence-electron chi connectivity index (χ2n) is 5.04. The molecule has 0 fully saturated rings. The molecule has 1 aromatic rings. The van der Waals surface area contributed by atoms with Crippen molar-refractivity contribution in [2.24, 2.45) is 0 Å². The van der Waals surface area contributed by atoms with Gasteiger partial charge in [0.05, 0.1) is 6.42 Å². The van der Waals surface area contributed by atoms with E-state index in [1.54, 1.807) is 13.8 Å². The van der Waals surface area contributed by atoms with E-state index in [0.29, 0.717) is 5.56 Å². The maximum Gasteiger partial charge on any atom is 0.304 e. The minimum atomic E-state index is -2.96. The van der Waals surface area contributed by atoms with Crippen molar-refractivity contribution in [3.8, 4) is 0 Å². The molecule has 2 nitrogen and oxygen atoms in total. The summed E-state index contributed by atoms with van der Waals surface area (Å²) in [6.45, 7) is 4.22. The first-order chi connectivity index (χ1) is 8.04. The summed E-state index contributed by atoms with van der Waals surface area (Å²) < 4.78 is 26.2. The standard InChI is InChI=1S/C13H15ClF2O2/c1-12(2,7-11(17)18)9-5-4-8(6-10(9)14)13(3,15)16/h4-6H,7H2,1-3H3,(H,17,18). The maximum atomic E-state index is 13.1. The monoisotopic (exact) mass is 276 g/mol. The number of hydrogen-bond donors (Lipinski definition) is 1. The van der Waals surface area contributed by atoms with Crippen LogP contribution in [-0.4, -0.2) is 11.1 Å². The summed E-state index contributed by atoms with van der Waals surface area (Å²) in [5.74, 6) is -3.92. The van der Waals surface area contributed by atoms with E-state index >= 15 is 0 Å². The molecule has 0 unspecified atom stereocenters. The van der Waals surface area contributed by atoms with Gasteiger partial charge in [-0.15, -0.1) is 0 Å². The second-order valence-corrected chi connectivity index (χ2v) is 5.44. The van der Waals surface area contributed by atoms with Crippen LogP contribution in [0.25, 0.3) is 0 Å². The van der Waals surface area contributed by atoms with Crippen molar-refractivity contribution in [3.63, 3.8) is 0 Å². The Hall–Kier alpha value is -1.16. The molecule has 0 aromatic heterocycles. The Bertz CT molecular complexity index is 465. The van der Waals surface area contributed by atoms with Crippen LogP contribution in [0.3, 0.4) is 0 Å². The zero-order valence-corrected chi connectivity index (χ0v) is 11.2. The molecule has 1 aromatic carbocycles. The average Bonchev–Trinajstić information content (AvgIpc) is 2.13. The third-order valence-corrected chi connectivity index (χ3v) is 3.11. The molecule has 0 saturated heterocycles. The van der Waals surface area contributed by atoms with E-state index in [2.05, 4.69) is 0 Å². The lowest BCUT2D eigenvalue weighted by Gasteiger charge is -2.25. The van der Waals surface area contributed by atoms with Gasteiger partial charge < -0.3 is 5.11 Å². The molecule has 0 spiro atoms. The Morgan fingerprint density at radius 1 is 1.33 bits per heavy atom. The van der Waals surface area contributed by atoms with Crippen LogP contribution >= 0.6 is 11.6 Å². The van der Waals surface area contributed by atoms with Crippen molar-refractivity contribution in [2.45, 2.75) is 38.5 Å². The zero-order chi connectivity index (χ0) is 14.1. The summed E-state index contributed by atoms with van der Waals surface area (Å²) in [4.78, 5) is 10.8. The fourth-order valence-corrected chi connectivity index (χ4v) is 2.25. The molecule has 0 heterocycles. The molecule has 5 heteroatoms. The first-order valence-electron chi connectivity index (χ1n) is 5.44. The van der Waals surface area contributed by atoms with Gasteiger partial charge in [0.2, 0.25) is 0 Å². The minimum absolute atomic E-state index is 0.116. The first-order valence-corrected chi connectivity index (χ1v) is 5.82. The largest absolute Gasteiger partial charge is 0.481 e. The highest BCUT2D eigenvalue weighted by atomic mass is 35.5. The molecular weight excluding hydrogens is 262 g/mol. The molecular formula is C13H15ClF2O2. The molecule has 1 N–H and O–H groups in total. The molecule has 1 rings (SSSR count). The molecule has 100 valence electrons. The number of rotatable bonds is 4. The van der Waals surface area contributed by atoms with Crippen LogP contribution in [0.4, 0.5) is 8.78 Å². The summed E-state index contributed by atoms with van der Waals surface area (Å²) in [7, 11) is 0. The van der Waals surface area contributed by atoms with E-state index in [1.807, 2.05) is 0 Å². The number of hydrogen-bond acceptors (Lipinski definition) is 1. The average molecular weight is 277 g/mol.